The summed E-state index contributed by atoms with van der Waals surface area (Å²) < 4.78 is 0. The summed E-state index contributed by atoms with van der Waals surface area (Å²) in [7, 11) is 0. The van der Waals surface area contributed by atoms with Crippen LogP contribution in [0.3, 0.4) is 0 Å². The highest BCUT2D eigenvalue weighted by molar-refractivity contribution is 5.86. The Hall–Kier alpha value is -0.860. The average molecular weight is 127 g/mol. The summed E-state index contributed by atoms with van der Waals surface area (Å²) in [5.41, 5.74) is 5.03. The lowest BCUT2D eigenvalue weighted by Gasteiger charge is -1.94. The molecule has 0 amide bonds. The van der Waals surface area contributed by atoms with Gasteiger partial charge in [0.2, 0.25) is 0 Å². The van der Waals surface area contributed by atoms with Crippen LogP contribution in [0, 0.1) is 0 Å². The second-order valence-corrected chi connectivity index (χ2v) is 2.05. The third-order valence-corrected chi connectivity index (χ3v) is 0.706. The Morgan fingerprint density at radius 1 is 1.56 bits per heavy atom. The van der Waals surface area contributed by atoms with Crippen molar-refractivity contribution in [1.29, 1.82) is 0 Å². The topological polar surface area (TPSA) is 50.7 Å². The van der Waals surface area contributed by atoms with Gasteiger partial charge >= 0.3 is 0 Å². The van der Waals surface area contributed by atoms with Gasteiger partial charge in [0.1, 0.15) is 5.84 Å². The van der Waals surface area contributed by atoms with E-state index in [0.717, 1.165) is 5.84 Å². The van der Waals surface area contributed by atoms with Crippen LogP contribution in [0.4, 0.5) is 0 Å². The van der Waals surface area contributed by atoms with Gasteiger partial charge in [0.05, 0.1) is 6.34 Å². The van der Waals surface area contributed by atoms with E-state index in [1.807, 2.05) is 20.8 Å². The van der Waals surface area contributed by atoms with Gasteiger partial charge in [-0.15, -0.1) is 0 Å². The Bertz CT molecular complexity index is 124. The number of nitrogens with zero attached hydrogens (tertiary/aromatic N) is 2. The van der Waals surface area contributed by atoms with E-state index in [0.29, 0.717) is 6.04 Å². The molecule has 0 aliphatic rings. The Kier molecular flexibility index (Phi) is 3.67. The summed E-state index contributed by atoms with van der Waals surface area (Å²) in [4.78, 5) is 7.87. The lowest BCUT2D eigenvalue weighted by molar-refractivity contribution is 0.833. The van der Waals surface area contributed by atoms with Crippen LogP contribution in [-0.4, -0.2) is 18.2 Å². The average Bonchev–Trinajstić information content (AvgIpc) is 1.63. The van der Waals surface area contributed by atoms with E-state index in [9.17, 15) is 0 Å². The molecule has 0 spiro atoms. The molecule has 3 nitrogen and oxygen atoms in total. The summed E-state index contributed by atoms with van der Waals surface area (Å²) in [6.07, 6.45) is 1.25. The van der Waals surface area contributed by atoms with Gasteiger partial charge in [-0.2, -0.15) is 0 Å². The molecule has 52 valence electrons. The molecule has 0 rings (SSSR count). The highest BCUT2D eigenvalue weighted by atomic mass is 14.9. The molecular formula is C6H13N3. The van der Waals surface area contributed by atoms with Crippen molar-refractivity contribution in [3.8, 4) is 0 Å². The van der Waals surface area contributed by atoms with Gasteiger partial charge in [0, 0.05) is 6.04 Å². The van der Waals surface area contributed by atoms with Gasteiger partial charge in [0.25, 0.3) is 0 Å². The maximum atomic E-state index is 5.03. The first kappa shape index (κ1) is 8.14. The fraction of sp³-hybridized carbons (Fsp3) is 0.667. The van der Waals surface area contributed by atoms with Gasteiger partial charge in [0.15, 0.2) is 0 Å². The van der Waals surface area contributed by atoms with Crippen LogP contribution in [-0.2, 0) is 0 Å². The lowest BCUT2D eigenvalue weighted by Crippen LogP contribution is -1.98. The van der Waals surface area contributed by atoms with E-state index in [2.05, 4.69) is 9.98 Å². The van der Waals surface area contributed by atoms with Gasteiger partial charge in [-0.05, 0) is 20.8 Å². The number of hydrogen-bond acceptors (Lipinski definition) is 1. The molecule has 3 heteroatoms. The fourth-order valence-corrected chi connectivity index (χ4v) is 0.515. The first-order chi connectivity index (χ1) is 4.16. The first-order valence-corrected chi connectivity index (χ1v) is 2.95. The van der Waals surface area contributed by atoms with E-state index in [1.165, 1.54) is 6.34 Å². The van der Waals surface area contributed by atoms with E-state index in [-0.39, 0.29) is 0 Å². The van der Waals surface area contributed by atoms with Crippen molar-refractivity contribution in [2.75, 3.05) is 0 Å². The molecule has 0 aliphatic heterocycles. The van der Waals surface area contributed by atoms with Gasteiger partial charge in [-0.1, -0.05) is 0 Å². The molecule has 0 heterocycles. The number of nitrogens with two attached hydrogens (primary N) is 1. The van der Waals surface area contributed by atoms with E-state index in [4.69, 9.17) is 5.73 Å². The van der Waals surface area contributed by atoms with Crippen LogP contribution >= 0.6 is 0 Å². The zero-order valence-electron chi connectivity index (χ0n) is 6.13. The van der Waals surface area contributed by atoms with Crippen LogP contribution in [0.2, 0.25) is 0 Å². The van der Waals surface area contributed by atoms with E-state index >= 15 is 0 Å². The molecule has 9 heavy (non-hydrogen) atoms. The van der Waals surface area contributed by atoms with Gasteiger partial charge in [-0.25, -0.2) is 4.99 Å². The van der Waals surface area contributed by atoms with Crippen molar-refractivity contribution >= 4 is 12.2 Å². The zero-order chi connectivity index (χ0) is 7.28. The molecule has 0 fully saturated rings. The monoisotopic (exact) mass is 127 g/mol. The van der Waals surface area contributed by atoms with Crippen LogP contribution < -0.4 is 5.73 Å². The first-order valence-electron chi connectivity index (χ1n) is 2.95. The number of hydrogen-bond donors (Lipinski definition) is 1. The largest absolute Gasteiger partial charge is 0.390 e. The van der Waals surface area contributed by atoms with Crippen molar-refractivity contribution in [1.82, 2.24) is 0 Å². The second-order valence-electron chi connectivity index (χ2n) is 2.05. The standard InChI is InChI=1S/C6H13N3/c1-5(2)9-6(3)8-4-7/h4-5H,1-3H3,(H2,7,8,9). The highest BCUT2D eigenvalue weighted by Crippen LogP contribution is 1.87. The quantitative estimate of drug-likeness (QED) is 0.411. The summed E-state index contributed by atoms with van der Waals surface area (Å²) in [5.74, 6) is 0.729. The Balaban J connectivity index is 3.84. The maximum absolute atomic E-state index is 5.03. The van der Waals surface area contributed by atoms with Crippen LogP contribution in [0.25, 0.3) is 0 Å². The molecule has 0 saturated carbocycles. The van der Waals surface area contributed by atoms with Crippen molar-refractivity contribution in [3.05, 3.63) is 0 Å². The number of aliphatic imine (C=N–C) groups is 2. The minimum absolute atomic E-state index is 0.300. The molecule has 0 saturated heterocycles. The molecule has 0 unspecified atom stereocenters. The third kappa shape index (κ3) is 5.00. The molecule has 0 aliphatic carbocycles. The maximum Gasteiger partial charge on any atom is 0.122 e. The minimum Gasteiger partial charge on any atom is -0.390 e. The summed E-state index contributed by atoms with van der Waals surface area (Å²) in [6.45, 7) is 5.81. The predicted molar refractivity (Wildman–Crippen MR) is 40.9 cm³/mol. The normalized spacial score (nSPS) is 13.6. The number of amidine groups is 1. The molecule has 0 aromatic rings. The molecular weight excluding hydrogens is 114 g/mol. The van der Waals surface area contributed by atoms with Crippen LogP contribution in [0.5, 0.6) is 0 Å². The third-order valence-electron chi connectivity index (χ3n) is 0.706. The molecule has 0 aromatic heterocycles. The van der Waals surface area contributed by atoms with Gasteiger partial charge < -0.3 is 5.73 Å². The van der Waals surface area contributed by atoms with Crippen LogP contribution in [0.15, 0.2) is 9.98 Å². The predicted octanol–water partition coefficient (Wildman–Crippen LogP) is 0.800. The summed E-state index contributed by atoms with van der Waals surface area (Å²) in [5, 5.41) is 0. The molecule has 0 bridgehead atoms. The van der Waals surface area contributed by atoms with E-state index in [1.54, 1.807) is 0 Å². The zero-order valence-corrected chi connectivity index (χ0v) is 6.13. The number of rotatable bonds is 1. The summed E-state index contributed by atoms with van der Waals surface area (Å²) in [6, 6.07) is 0.300. The lowest BCUT2D eigenvalue weighted by atomic mass is 10.4. The van der Waals surface area contributed by atoms with Crippen molar-refractivity contribution < 1.29 is 0 Å². The van der Waals surface area contributed by atoms with Crippen molar-refractivity contribution in [2.24, 2.45) is 15.7 Å². The van der Waals surface area contributed by atoms with E-state index < -0.39 is 0 Å². The minimum atomic E-state index is 0.300. The Morgan fingerprint density at radius 3 is 2.44 bits per heavy atom. The van der Waals surface area contributed by atoms with Gasteiger partial charge in [-0.3, -0.25) is 4.99 Å². The van der Waals surface area contributed by atoms with Crippen molar-refractivity contribution in [2.45, 2.75) is 26.8 Å². The Morgan fingerprint density at radius 2 is 2.11 bits per heavy atom. The Labute approximate surface area is 55.7 Å². The summed E-state index contributed by atoms with van der Waals surface area (Å²) >= 11 is 0. The molecule has 0 atom stereocenters. The van der Waals surface area contributed by atoms with Crippen molar-refractivity contribution in [3.63, 3.8) is 0 Å². The second kappa shape index (κ2) is 4.06. The molecule has 0 aromatic carbocycles. The SMILES string of the molecule is CC(N=CN)=NC(C)C. The smallest absolute Gasteiger partial charge is 0.122 e. The fourth-order valence-electron chi connectivity index (χ4n) is 0.515. The van der Waals surface area contributed by atoms with Crippen LogP contribution in [0.1, 0.15) is 20.8 Å². The highest BCUT2D eigenvalue weighted by Gasteiger charge is 1.86. The molecule has 0 radical (unpaired) electrons. The molecule has 2 N–H and O–H groups in total.